The van der Waals surface area contributed by atoms with Crippen molar-refractivity contribution in [1.29, 1.82) is 0 Å². The molecule has 0 saturated carbocycles. The molecule has 0 fully saturated rings. The van der Waals surface area contributed by atoms with E-state index in [1.54, 1.807) is 0 Å². The lowest BCUT2D eigenvalue weighted by Crippen LogP contribution is -2.06. The van der Waals surface area contributed by atoms with Crippen LogP contribution < -0.4 is 0 Å². The van der Waals surface area contributed by atoms with Gasteiger partial charge in [-0.15, -0.1) is 0 Å². The summed E-state index contributed by atoms with van der Waals surface area (Å²) in [6, 6.07) is 6.02. The largest absolute Gasteiger partial charge is 0.300 e. The van der Waals surface area contributed by atoms with Crippen LogP contribution in [0.4, 0.5) is 0 Å². The van der Waals surface area contributed by atoms with Gasteiger partial charge in [0.25, 0.3) is 0 Å². The van der Waals surface area contributed by atoms with Gasteiger partial charge < -0.3 is 0 Å². The molecule has 6 heteroatoms. The average molecular weight is 391 g/mol. The third-order valence-electron chi connectivity index (χ3n) is 2.48. The minimum absolute atomic E-state index is 0.513. The molecule has 18 heavy (non-hydrogen) atoms. The van der Waals surface area contributed by atoms with E-state index in [0.29, 0.717) is 10.7 Å². The highest BCUT2D eigenvalue weighted by atomic mass is 79.9. The van der Waals surface area contributed by atoms with Crippen LogP contribution >= 0.6 is 44.1 Å². The molecule has 1 N–H and O–H groups in total. The van der Waals surface area contributed by atoms with Crippen molar-refractivity contribution >= 4 is 44.1 Å². The quantitative estimate of drug-likeness (QED) is 0.764. The van der Waals surface area contributed by atoms with E-state index < -0.39 is 0 Å². The lowest BCUT2D eigenvalue weighted by Gasteiger charge is -2.10. The van der Waals surface area contributed by atoms with Crippen LogP contribution in [-0.4, -0.2) is 14.8 Å². The van der Waals surface area contributed by atoms with Crippen molar-refractivity contribution in [2.24, 2.45) is 5.92 Å². The summed E-state index contributed by atoms with van der Waals surface area (Å²) in [7, 11) is 0. The molecule has 0 unspecified atom stereocenters. The van der Waals surface area contributed by atoms with Gasteiger partial charge in [0.1, 0.15) is 0 Å². The van der Waals surface area contributed by atoms with Crippen LogP contribution in [0.1, 0.15) is 13.8 Å². The number of aromatic amines is 1. The van der Waals surface area contributed by atoms with Crippen LogP contribution in [0.5, 0.6) is 0 Å². The van der Waals surface area contributed by atoms with Gasteiger partial charge in [-0.25, -0.2) is 0 Å². The van der Waals surface area contributed by atoms with Crippen LogP contribution in [0, 0.1) is 10.7 Å². The molecule has 0 bridgehead atoms. The van der Waals surface area contributed by atoms with Gasteiger partial charge in [0, 0.05) is 21.1 Å². The zero-order valence-corrected chi connectivity index (χ0v) is 14.1. The van der Waals surface area contributed by atoms with Gasteiger partial charge >= 0.3 is 0 Å². The highest BCUT2D eigenvalue weighted by Gasteiger charge is 2.13. The van der Waals surface area contributed by atoms with E-state index >= 15 is 0 Å². The highest BCUT2D eigenvalue weighted by molar-refractivity contribution is 9.11. The Balaban J connectivity index is 2.57. The van der Waals surface area contributed by atoms with Gasteiger partial charge in [-0.05, 0) is 36.3 Å². The van der Waals surface area contributed by atoms with Crippen molar-refractivity contribution < 1.29 is 0 Å². The predicted molar refractivity (Wildman–Crippen MR) is 83.1 cm³/mol. The van der Waals surface area contributed by atoms with Crippen molar-refractivity contribution in [1.82, 2.24) is 14.8 Å². The van der Waals surface area contributed by atoms with Crippen molar-refractivity contribution in [2.75, 3.05) is 0 Å². The molecule has 2 rings (SSSR count). The number of halogens is 2. The van der Waals surface area contributed by atoms with Crippen molar-refractivity contribution in [3.05, 3.63) is 31.9 Å². The molecule has 0 aliphatic carbocycles. The molecule has 0 radical (unpaired) electrons. The number of benzene rings is 1. The highest BCUT2D eigenvalue weighted by Crippen LogP contribution is 2.30. The van der Waals surface area contributed by atoms with E-state index in [9.17, 15) is 0 Å². The smallest absolute Gasteiger partial charge is 0.195 e. The molecule has 0 spiro atoms. The van der Waals surface area contributed by atoms with Gasteiger partial charge in [0.2, 0.25) is 0 Å². The van der Waals surface area contributed by atoms with Crippen molar-refractivity contribution in [3.8, 4) is 11.4 Å². The van der Waals surface area contributed by atoms with Gasteiger partial charge in [0.05, 0.1) is 0 Å². The first-order chi connectivity index (χ1) is 8.49. The zero-order chi connectivity index (χ0) is 13.3. The Morgan fingerprint density at radius 3 is 2.78 bits per heavy atom. The SMILES string of the molecule is CC(C)Cn1c(-c2cc(Br)ccc2Br)n[nH]c1=S. The number of hydrogen-bond acceptors (Lipinski definition) is 2. The van der Waals surface area contributed by atoms with Crippen LogP contribution in [0.3, 0.4) is 0 Å². The summed E-state index contributed by atoms with van der Waals surface area (Å²) in [6.45, 7) is 5.17. The average Bonchev–Trinajstić information content (AvgIpc) is 2.64. The Labute approximate surface area is 128 Å². The lowest BCUT2D eigenvalue weighted by atomic mass is 10.2. The topological polar surface area (TPSA) is 33.6 Å². The Hall–Kier alpha value is -0.460. The number of nitrogens with zero attached hydrogens (tertiary/aromatic N) is 2. The third kappa shape index (κ3) is 2.92. The molecule has 0 saturated heterocycles. The predicted octanol–water partition coefficient (Wildman–Crippen LogP) is 4.79. The number of nitrogens with one attached hydrogen (secondary N) is 1. The number of hydrogen-bond donors (Lipinski definition) is 1. The molecule has 1 aromatic carbocycles. The summed E-state index contributed by atoms with van der Waals surface area (Å²) < 4.78 is 4.72. The van der Waals surface area contributed by atoms with E-state index in [1.165, 1.54) is 0 Å². The maximum absolute atomic E-state index is 5.29. The minimum Gasteiger partial charge on any atom is -0.300 e. The Bertz CT molecular complexity index is 616. The summed E-state index contributed by atoms with van der Waals surface area (Å²) in [5, 5.41) is 7.20. The Morgan fingerprint density at radius 2 is 2.11 bits per heavy atom. The van der Waals surface area contributed by atoms with Crippen LogP contribution in [0.2, 0.25) is 0 Å². The second kappa shape index (κ2) is 5.67. The number of H-pyrrole nitrogens is 1. The zero-order valence-electron chi connectivity index (χ0n) is 10.1. The Morgan fingerprint density at radius 1 is 1.39 bits per heavy atom. The maximum Gasteiger partial charge on any atom is 0.195 e. The van der Waals surface area contributed by atoms with E-state index in [1.807, 2.05) is 22.8 Å². The van der Waals surface area contributed by atoms with Crippen molar-refractivity contribution in [2.45, 2.75) is 20.4 Å². The fraction of sp³-hybridized carbons (Fsp3) is 0.333. The van der Waals surface area contributed by atoms with Crippen LogP contribution in [0.15, 0.2) is 27.1 Å². The summed E-state index contributed by atoms with van der Waals surface area (Å²) in [6.07, 6.45) is 0. The maximum atomic E-state index is 5.29. The lowest BCUT2D eigenvalue weighted by molar-refractivity contribution is 0.521. The molecule has 3 nitrogen and oxygen atoms in total. The van der Waals surface area contributed by atoms with Gasteiger partial charge in [0.15, 0.2) is 10.6 Å². The molecule has 2 aromatic rings. The normalized spacial score (nSPS) is 11.2. The van der Waals surface area contributed by atoms with E-state index in [-0.39, 0.29) is 0 Å². The molecule has 0 atom stereocenters. The van der Waals surface area contributed by atoms with Gasteiger partial charge in [-0.1, -0.05) is 45.7 Å². The summed E-state index contributed by atoms with van der Waals surface area (Å²) in [5.41, 5.74) is 1.03. The monoisotopic (exact) mass is 389 g/mol. The van der Waals surface area contributed by atoms with E-state index in [0.717, 1.165) is 26.9 Å². The van der Waals surface area contributed by atoms with Crippen LogP contribution in [0.25, 0.3) is 11.4 Å². The molecular weight excluding hydrogens is 378 g/mol. The molecule has 0 aliphatic rings. The van der Waals surface area contributed by atoms with Gasteiger partial charge in [-0.3, -0.25) is 9.67 Å². The Kier molecular flexibility index (Phi) is 4.40. The first kappa shape index (κ1) is 14.0. The molecule has 96 valence electrons. The molecule has 0 aliphatic heterocycles. The second-order valence-electron chi connectivity index (χ2n) is 4.48. The number of rotatable bonds is 3. The van der Waals surface area contributed by atoms with Crippen molar-refractivity contribution in [3.63, 3.8) is 0 Å². The summed E-state index contributed by atoms with van der Waals surface area (Å²) in [5.74, 6) is 1.38. The molecule has 0 amide bonds. The third-order valence-corrected chi connectivity index (χ3v) is 3.97. The van der Waals surface area contributed by atoms with Crippen LogP contribution in [-0.2, 0) is 6.54 Å². The standard InChI is InChI=1S/C12H13Br2N3S/c1-7(2)6-17-11(15-16-12(17)18)9-5-8(13)3-4-10(9)14/h3-5,7H,6H2,1-2H3,(H,16,18). The summed E-state index contributed by atoms with van der Waals surface area (Å²) in [4.78, 5) is 0. The first-order valence-electron chi connectivity index (χ1n) is 5.59. The van der Waals surface area contributed by atoms with Gasteiger partial charge in [-0.2, -0.15) is 5.10 Å². The second-order valence-corrected chi connectivity index (χ2v) is 6.64. The summed E-state index contributed by atoms with van der Waals surface area (Å²) >= 11 is 12.3. The fourth-order valence-corrected chi connectivity index (χ4v) is 2.72. The minimum atomic E-state index is 0.513. The molecule has 1 heterocycles. The molecular formula is C12H13Br2N3S. The van der Waals surface area contributed by atoms with E-state index in [4.69, 9.17) is 12.2 Å². The van der Waals surface area contributed by atoms with E-state index in [2.05, 4.69) is 55.9 Å². The first-order valence-corrected chi connectivity index (χ1v) is 7.59. The number of aromatic nitrogens is 3. The fourth-order valence-electron chi connectivity index (χ4n) is 1.73. The molecule has 1 aromatic heterocycles.